The van der Waals surface area contributed by atoms with Crippen molar-refractivity contribution in [3.8, 4) is 5.75 Å². The summed E-state index contributed by atoms with van der Waals surface area (Å²) in [4.78, 5) is 2.36. The molecule has 22 heavy (non-hydrogen) atoms. The molecule has 0 aliphatic carbocycles. The summed E-state index contributed by atoms with van der Waals surface area (Å²) >= 11 is 0. The van der Waals surface area contributed by atoms with Gasteiger partial charge in [-0.3, -0.25) is 4.90 Å². The van der Waals surface area contributed by atoms with E-state index in [9.17, 15) is 12.9 Å². The average molecular weight is 308 g/mol. The van der Waals surface area contributed by atoms with E-state index in [1.807, 2.05) is 0 Å². The number of hydrogen-bond acceptors (Lipinski definition) is 2. The van der Waals surface area contributed by atoms with Crippen molar-refractivity contribution in [1.29, 1.82) is 0 Å². The van der Waals surface area contributed by atoms with E-state index in [1.165, 1.54) is 25.0 Å². The summed E-state index contributed by atoms with van der Waals surface area (Å²) < 4.78 is 43.9. The number of benzene rings is 2. The molecule has 0 radical (unpaired) electrons. The van der Waals surface area contributed by atoms with Gasteiger partial charge in [0.1, 0.15) is 12.4 Å². The molecule has 0 bridgehead atoms. The van der Waals surface area contributed by atoms with Gasteiger partial charge in [0.25, 0.3) is 0 Å². The average Bonchev–Trinajstić information content (AvgIpc) is 2.99. The standard InChI is InChI=1S/C16H18BF3NO/c18-17(19,20)15-5-3-14-12-16(6-4-13(14)11-15)22-10-9-21-7-1-2-8-21/h3-6,11-12H,1-2,7-10H2/q-1. The fraction of sp³-hybridized carbons (Fsp3) is 0.375. The first-order chi connectivity index (χ1) is 10.5. The van der Waals surface area contributed by atoms with Crippen LogP contribution in [0.1, 0.15) is 12.8 Å². The molecule has 1 aliphatic heterocycles. The van der Waals surface area contributed by atoms with Crippen LogP contribution in [-0.2, 0) is 0 Å². The summed E-state index contributed by atoms with van der Waals surface area (Å²) in [5, 5.41) is 1.35. The van der Waals surface area contributed by atoms with Gasteiger partial charge >= 0.3 is 6.98 Å². The van der Waals surface area contributed by atoms with Crippen molar-refractivity contribution in [2.24, 2.45) is 0 Å². The summed E-state index contributed by atoms with van der Waals surface area (Å²) in [7, 11) is 0. The van der Waals surface area contributed by atoms with Crippen LogP contribution in [0.2, 0.25) is 0 Å². The lowest BCUT2D eigenvalue weighted by molar-refractivity contribution is 0.238. The zero-order valence-corrected chi connectivity index (χ0v) is 12.3. The molecule has 1 aliphatic rings. The van der Waals surface area contributed by atoms with Crippen LogP contribution in [0.25, 0.3) is 10.8 Å². The second kappa shape index (κ2) is 6.20. The van der Waals surface area contributed by atoms with Crippen LogP contribution in [0.3, 0.4) is 0 Å². The van der Waals surface area contributed by atoms with Gasteiger partial charge in [-0.1, -0.05) is 24.3 Å². The normalized spacial score (nSPS) is 16.3. The summed E-state index contributed by atoms with van der Waals surface area (Å²) in [6, 6.07) is 9.06. The molecule has 1 saturated heterocycles. The minimum Gasteiger partial charge on any atom is -0.492 e. The number of nitrogens with zero attached hydrogens (tertiary/aromatic N) is 1. The van der Waals surface area contributed by atoms with Crippen LogP contribution in [0.4, 0.5) is 12.9 Å². The van der Waals surface area contributed by atoms with Crippen LogP contribution in [0.15, 0.2) is 36.4 Å². The Hall–Kier alpha value is -1.69. The van der Waals surface area contributed by atoms with Crippen LogP contribution >= 0.6 is 0 Å². The van der Waals surface area contributed by atoms with Crippen LogP contribution < -0.4 is 10.2 Å². The van der Waals surface area contributed by atoms with Crippen molar-refractivity contribution in [1.82, 2.24) is 4.90 Å². The zero-order valence-electron chi connectivity index (χ0n) is 12.3. The minimum atomic E-state index is -4.95. The summed E-state index contributed by atoms with van der Waals surface area (Å²) in [6.45, 7) is -1.19. The molecular weight excluding hydrogens is 290 g/mol. The fourth-order valence-corrected chi connectivity index (χ4v) is 2.83. The molecule has 2 aromatic carbocycles. The van der Waals surface area contributed by atoms with E-state index in [1.54, 1.807) is 18.2 Å². The number of fused-ring (bicyclic) bond motifs is 1. The van der Waals surface area contributed by atoms with Crippen molar-refractivity contribution < 1.29 is 17.7 Å². The zero-order chi connectivity index (χ0) is 15.6. The summed E-state index contributed by atoms with van der Waals surface area (Å²) in [6.07, 6.45) is 2.50. The first-order valence-corrected chi connectivity index (χ1v) is 7.61. The third kappa shape index (κ3) is 3.55. The quantitative estimate of drug-likeness (QED) is 0.785. The molecule has 0 N–H and O–H groups in total. The molecule has 3 rings (SSSR count). The lowest BCUT2D eigenvalue weighted by atomic mass is 9.79. The van der Waals surface area contributed by atoms with E-state index >= 15 is 0 Å². The van der Waals surface area contributed by atoms with Crippen molar-refractivity contribution in [2.45, 2.75) is 12.8 Å². The number of rotatable bonds is 5. The predicted octanol–water partition coefficient (Wildman–Crippen LogP) is 3.37. The molecule has 1 heterocycles. The van der Waals surface area contributed by atoms with Crippen molar-refractivity contribution in [3.05, 3.63) is 36.4 Å². The summed E-state index contributed by atoms with van der Waals surface area (Å²) in [5.41, 5.74) is -0.560. The Morgan fingerprint density at radius 3 is 2.36 bits per heavy atom. The van der Waals surface area contributed by atoms with Gasteiger partial charge in [-0.25, -0.2) is 0 Å². The van der Waals surface area contributed by atoms with Gasteiger partial charge < -0.3 is 17.7 Å². The monoisotopic (exact) mass is 308 g/mol. The van der Waals surface area contributed by atoms with Gasteiger partial charge in [-0.05, 0) is 48.8 Å². The molecule has 6 heteroatoms. The van der Waals surface area contributed by atoms with Crippen LogP contribution in [0, 0.1) is 0 Å². The molecular formula is C16H18BF3NO-. The van der Waals surface area contributed by atoms with Gasteiger partial charge in [0.05, 0.1) is 0 Å². The second-order valence-electron chi connectivity index (χ2n) is 5.74. The molecule has 0 unspecified atom stereocenters. The fourth-order valence-electron chi connectivity index (χ4n) is 2.83. The van der Waals surface area contributed by atoms with Crippen LogP contribution in [0.5, 0.6) is 5.75 Å². The largest absolute Gasteiger partial charge is 0.509 e. The molecule has 0 amide bonds. The molecule has 2 aromatic rings. The maximum atomic E-state index is 12.7. The van der Waals surface area contributed by atoms with E-state index in [2.05, 4.69) is 4.90 Å². The second-order valence-corrected chi connectivity index (χ2v) is 5.74. The first-order valence-electron chi connectivity index (χ1n) is 7.61. The molecule has 0 spiro atoms. The maximum Gasteiger partial charge on any atom is 0.509 e. The Morgan fingerprint density at radius 2 is 1.64 bits per heavy atom. The molecule has 0 atom stereocenters. The molecule has 118 valence electrons. The van der Waals surface area contributed by atoms with Gasteiger partial charge in [0, 0.05) is 6.54 Å². The lowest BCUT2D eigenvalue weighted by Gasteiger charge is -2.16. The highest BCUT2D eigenvalue weighted by atomic mass is 19.4. The van der Waals surface area contributed by atoms with E-state index in [0.717, 1.165) is 31.1 Å². The number of halogens is 3. The number of hydrogen-bond donors (Lipinski definition) is 0. The molecule has 1 fully saturated rings. The first kappa shape index (κ1) is 15.2. The topological polar surface area (TPSA) is 12.5 Å². The highest BCUT2D eigenvalue weighted by Gasteiger charge is 2.25. The highest BCUT2D eigenvalue weighted by Crippen LogP contribution is 2.22. The maximum absolute atomic E-state index is 12.7. The Labute approximate surface area is 127 Å². The van der Waals surface area contributed by atoms with Crippen molar-refractivity contribution in [2.75, 3.05) is 26.2 Å². The Bertz CT molecular complexity index is 653. The van der Waals surface area contributed by atoms with E-state index in [-0.39, 0.29) is 0 Å². The number of likely N-dealkylation sites (tertiary alicyclic amines) is 1. The van der Waals surface area contributed by atoms with Crippen molar-refractivity contribution >= 4 is 23.2 Å². The van der Waals surface area contributed by atoms with Crippen LogP contribution in [-0.4, -0.2) is 38.1 Å². The Morgan fingerprint density at radius 1 is 0.955 bits per heavy atom. The minimum absolute atomic E-state index is 0.560. The smallest absolute Gasteiger partial charge is 0.492 e. The third-order valence-electron chi connectivity index (χ3n) is 4.09. The van der Waals surface area contributed by atoms with E-state index in [4.69, 9.17) is 4.74 Å². The van der Waals surface area contributed by atoms with Gasteiger partial charge in [0.15, 0.2) is 0 Å². The Balaban J connectivity index is 1.67. The SMILES string of the molecule is F[B-](F)(F)c1ccc2cc(OCCN3CCCC3)ccc2c1. The Kier molecular flexibility index (Phi) is 4.29. The molecule has 0 aromatic heterocycles. The third-order valence-corrected chi connectivity index (χ3v) is 4.09. The predicted molar refractivity (Wildman–Crippen MR) is 83.8 cm³/mol. The highest BCUT2D eigenvalue weighted by molar-refractivity contribution is 6.73. The summed E-state index contributed by atoms with van der Waals surface area (Å²) in [5.74, 6) is 0.706. The van der Waals surface area contributed by atoms with E-state index in [0.29, 0.717) is 17.7 Å². The van der Waals surface area contributed by atoms with Crippen molar-refractivity contribution in [3.63, 3.8) is 0 Å². The van der Waals surface area contributed by atoms with Gasteiger partial charge in [-0.2, -0.15) is 0 Å². The van der Waals surface area contributed by atoms with Gasteiger partial charge in [0.2, 0.25) is 0 Å². The number of ether oxygens (including phenoxy) is 1. The molecule has 0 saturated carbocycles. The lowest BCUT2D eigenvalue weighted by Crippen LogP contribution is -2.33. The van der Waals surface area contributed by atoms with Gasteiger partial charge in [-0.15, -0.1) is 5.46 Å². The molecule has 2 nitrogen and oxygen atoms in total. The van der Waals surface area contributed by atoms with E-state index < -0.39 is 12.4 Å².